The average molecular weight is 229 g/mol. The standard InChI is InChI=1S/C12H17ClO2/c1-3-14-7-4-8-15-12-9-11(13)6-5-10(12)2/h5-6,9H,3-4,7-8H2,1-2H3. The molecule has 1 rings (SSSR count). The molecule has 0 spiro atoms. The number of hydrogen-bond donors (Lipinski definition) is 0. The summed E-state index contributed by atoms with van der Waals surface area (Å²) in [4.78, 5) is 0. The van der Waals surface area contributed by atoms with Gasteiger partial charge in [-0.1, -0.05) is 17.7 Å². The second kappa shape index (κ2) is 6.70. The maximum Gasteiger partial charge on any atom is 0.123 e. The normalized spacial score (nSPS) is 10.3. The van der Waals surface area contributed by atoms with Gasteiger partial charge in [-0.25, -0.2) is 0 Å². The van der Waals surface area contributed by atoms with Crippen molar-refractivity contribution in [3.63, 3.8) is 0 Å². The number of rotatable bonds is 6. The Balaban J connectivity index is 2.33. The van der Waals surface area contributed by atoms with Gasteiger partial charge in [-0.3, -0.25) is 0 Å². The van der Waals surface area contributed by atoms with E-state index in [2.05, 4.69) is 0 Å². The third-order valence-corrected chi connectivity index (χ3v) is 2.28. The molecule has 0 bridgehead atoms. The topological polar surface area (TPSA) is 18.5 Å². The summed E-state index contributed by atoms with van der Waals surface area (Å²) >= 11 is 5.87. The van der Waals surface area contributed by atoms with Gasteiger partial charge in [0.05, 0.1) is 6.61 Å². The van der Waals surface area contributed by atoms with E-state index in [0.29, 0.717) is 11.6 Å². The van der Waals surface area contributed by atoms with Crippen molar-refractivity contribution in [1.82, 2.24) is 0 Å². The van der Waals surface area contributed by atoms with E-state index < -0.39 is 0 Å². The van der Waals surface area contributed by atoms with Crippen LogP contribution in [0.15, 0.2) is 18.2 Å². The molecule has 0 fully saturated rings. The van der Waals surface area contributed by atoms with E-state index in [4.69, 9.17) is 21.1 Å². The molecule has 0 atom stereocenters. The minimum absolute atomic E-state index is 0.668. The van der Waals surface area contributed by atoms with Crippen LogP contribution < -0.4 is 4.74 Å². The Hall–Kier alpha value is -0.730. The summed E-state index contributed by atoms with van der Waals surface area (Å²) in [6.07, 6.45) is 0.903. The van der Waals surface area contributed by atoms with Crippen molar-refractivity contribution in [3.05, 3.63) is 28.8 Å². The summed E-state index contributed by atoms with van der Waals surface area (Å²) in [5.41, 5.74) is 1.11. The molecule has 84 valence electrons. The molecule has 15 heavy (non-hydrogen) atoms. The highest BCUT2D eigenvalue weighted by Gasteiger charge is 2.00. The molecule has 0 saturated carbocycles. The van der Waals surface area contributed by atoms with Gasteiger partial charge in [0.1, 0.15) is 5.75 Å². The van der Waals surface area contributed by atoms with Crippen LogP contribution in [0, 0.1) is 6.92 Å². The van der Waals surface area contributed by atoms with Crippen LogP contribution in [0.25, 0.3) is 0 Å². The zero-order chi connectivity index (χ0) is 11.1. The fourth-order valence-electron chi connectivity index (χ4n) is 1.22. The van der Waals surface area contributed by atoms with Gasteiger partial charge in [-0.15, -0.1) is 0 Å². The van der Waals surface area contributed by atoms with Crippen LogP contribution >= 0.6 is 11.6 Å². The summed E-state index contributed by atoms with van der Waals surface area (Å²) in [6, 6.07) is 5.67. The van der Waals surface area contributed by atoms with Crippen molar-refractivity contribution in [3.8, 4) is 5.75 Å². The minimum atomic E-state index is 0.668. The lowest BCUT2D eigenvalue weighted by Gasteiger charge is -2.09. The lowest BCUT2D eigenvalue weighted by molar-refractivity contribution is 0.130. The summed E-state index contributed by atoms with van der Waals surface area (Å²) < 4.78 is 10.8. The molecule has 0 heterocycles. The van der Waals surface area contributed by atoms with E-state index in [1.807, 2.05) is 32.0 Å². The van der Waals surface area contributed by atoms with Crippen LogP contribution in [0.5, 0.6) is 5.75 Å². The smallest absolute Gasteiger partial charge is 0.123 e. The second-order valence-corrected chi connectivity index (χ2v) is 3.75. The number of benzene rings is 1. The highest BCUT2D eigenvalue weighted by atomic mass is 35.5. The third kappa shape index (κ3) is 4.54. The lowest BCUT2D eigenvalue weighted by Crippen LogP contribution is -2.03. The van der Waals surface area contributed by atoms with Gasteiger partial charge < -0.3 is 9.47 Å². The van der Waals surface area contributed by atoms with Crippen LogP contribution in [0.2, 0.25) is 5.02 Å². The Kier molecular flexibility index (Phi) is 5.51. The molecular weight excluding hydrogens is 212 g/mol. The van der Waals surface area contributed by atoms with Crippen molar-refractivity contribution in [2.75, 3.05) is 19.8 Å². The molecule has 0 radical (unpaired) electrons. The van der Waals surface area contributed by atoms with Crippen molar-refractivity contribution in [2.24, 2.45) is 0 Å². The van der Waals surface area contributed by atoms with Gasteiger partial charge in [-0.2, -0.15) is 0 Å². The molecule has 1 aromatic carbocycles. The van der Waals surface area contributed by atoms with Gasteiger partial charge >= 0.3 is 0 Å². The van der Waals surface area contributed by atoms with Crippen LogP contribution in [0.4, 0.5) is 0 Å². The van der Waals surface area contributed by atoms with Crippen LogP contribution in [0.3, 0.4) is 0 Å². The zero-order valence-corrected chi connectivity index (χ0v) is 10.0. The molecular formula is C12H17ClO2. The predicted octanol–water partition coefficient (Wildman–Crippen LogP) is 3.45. The summed E-state index contributed by atoms with van der Waals surface area (Å²) in [5.74, 6) is 0.860. The van der Waals surface area contributed by atoms with Crippen LogP contribution in [-0.2, 0) is 4.74 Å². The Morgan fingerprint density at radius 3 is 2.80 bits per heavy atom. The first-order valence-electron chi connectivity index (χ1n) is 5.20. The molecule has 0 unspecified atom stereocenters. The Morgan fingerprint density at radius 1 is 1.27 bits per heavy atom. The van der Waals surface area contributed by atoms with Gasteiger partial charge in [0.2, 0.25) is 0 Å². The highest BCUT2D eigenvalue weighted by Crippen LogP contribution is 2.22. The summed E-state index contributed by atoms with van der Waals surface area (Å²) in [6.45, 7) is 6.17. The maximum atomic E-state index is 5.87. The van der Waals surface area contributed by atoms with Crippen molar-refractivity contribution in [2.45, 2.75) is 20.3 Å². The quantitative estimate of drug-likeness (QED) is 0.695. The molecule has 0 aliphatic carbocycles. The minimum Gasteiger partial charge on any atom is -0.493 e. The first kappa shape index (κ1) is 12.3. The predicted molar refractivity (Wildman–Crippen MR) is 62.8 cm³/mol. The van der Waals surface area contributed by atoms with Gasteiger partial charge in [0.25, 0.3) is 0 Å². The number of halogens is 1. The monoisotopic (exact) mass is 228 g/mol. The SMILES string of the molecule is CCOCCCOc1cc(Cl)ccc1C. The van der Waals surface area contributed by atoms with Crippen LogP contribution in [-0.4, -0.2) is 19.8 Å². The fourth-order valence-corrected chi connectivity index (χ4v) is 1.38. The molecule has 0 N–H and O–H groups in total. The lowest BCUT2D eigenvalue weighted by atomic mass is 10.2. The Morgan fingerprint density at radius 2 is 2.07 bits per heavy atom. The van der Waals surface area contributed by atoms with Crippen molar-refractivity contribution < 1.29 is 9.47 Å². The summed E-state index contributed by atoms with van der Waals surface area (Å²) in [7, 11) is 0. The molecule has 0 amide bonds. The van der Waals surface area contributed by atoms with Gasteiger partial charge in [0, 0.05) is 24.7 Å². The Labute approximate surface area is 96.2 Å². The van der Waals surface area contributed by atoms with E-state index in [9.17, 15) is 0 Å². The van der Waals surface area contributed by atoms with E-state index in [1.165, 1.54) is 0 Å². The maximum absolute atomic E-state index is 5.87. The molecule has 2 nitrogen and oxygen atoms in total. The number of aryl methyl sites for hydroxylation is 1. The van der Waals surface area contributed by atoms with E-state index in [-0.39, 0.29) is 0 Å². The second-order valence-electron chi connectivity index (χ2n) is 3.31. The largest absolute Gasteiger partial charge is 0.493 e. The average Bonchev–Trinajstić information content (AvgIpc) is 2.23. The molecule has 0 aliphatic heterocycles. The van der Waals surface area contributed by atoms with Gasteiger partial charge in [0.15, 0.2) is 0 Å². The van der Waals surface area contributed by atoms with E-state index in [1.54, 1.807) is 0 Å². The summed E-state index contributed by atoms with van der Waals surface area (Å²) in [5, 5.41) is 0.709. The first-order valence-corrected chi connectivity index (χ1v) is 5.58. The molecule has 0 aliphatic rings. The van der Waals surface area contributed by atoms with Crippen molar-refractivity contribution >= 4 is 11.6 Å². The number of ether oxygens (including phenoxy) is 2. The highest BCUT2D eigenvalue weighted by molar-refractivity contribution is 6.30. The third-order valence-electron chi connectivity index (χ3n) is 2.04. The van der Waals surface area contributed by atoms with Gasteiger partial charge in [-0.05, 0) is 31.5 Å². The van der Waals surface area contributed by atoms with Crippen LogP contribution in [0.1, 0.15) is 18.9 Å². The fraction of sp³-hybridized carbons (Fsp3) is 0.500. The molecule has 3 heteroatoms. The van der Waals surface area contributed by atoms with Crippen molar-refractivity contribution in [1.29, 1.82) is 0 Å². The number of hydrogen-bond acceptors (Lipinski definition) is 2. The Bertz CT molecular complexity index is 300. The first-order chi connectivity index (χ1) is 7.24. The zero-order valence-electron chi connectivity index (χ0n) is 9.25. The molecule has 0 aromatic heterocycles. The molecule has 0 saturated heterocycles. The van der Waals surface area contributed by atoms with E-state index >= 15 is 0 Å². The molecule has 1 aromatic rings. The van der Waals surface area contributed by atoms with E-state index in [0.717, 1.165) is 30.9 Å².